The second-order valence-corrected chi connectivity index (χ2v) is 4.63. The molecule has 1 atom stereocenters. The molecule has 18 heavy (non-hydrogen) atoms. The van der Waals surface area contributed by atoms with Gasteiger partial charge in [-0.25, -0.2) is 4.79 Å². The summed E-state index contributed by atoms with van der Waals surface area (Å²) in [6.07, 6.45) is 0. The Kier molecular flexibility index (Phi) is 4.38. The normalized spacial score (nSPS) is 18.1. The molecule has 0 spiro atoms. The van der Waals surface area contributed by atoms with Gasteiger partial charge in [0.15, 0.2) is 0 Å². The Hall–Kier alpha value is -0.900. The zero-order valence-corrected chi connectivity index (χ0v) is 11.4. The van der Waals surface area contributed by atoms with Gasteiger partial charge in [-0.2, -0.15) is 0 Å². The summed E-state index contributed by atoms with van der Waals surface area (Å²) in [4.78, 5) is 11.8. The fourth-order valence-electron chi connectivity index (χ4n) is 1.56. The average molecular weight is 308 g/mol. The van der Waals surface area contributed by atoms with Crippen LogP contribution in [0.4, 0.5) is 0 Å². The van der Waals surface area contributed by atoms with Gasteiger partial charge in [-0.3, -0.25) is 0 Å². The molecule has 0 fully saturated rings. The van der Waals surface area contributed by atoms with E-state index >= 15 is 0 Å². The number of fused-ring (bicyclic) bond motifs is 1. The van der Waals surface area contributed by atoms with Gasteiger partial charge in [0.05, 0.1) is 10.9 Å². The Labute approximate surface area is 119 Å². The number of alkyl halides is 2. The van der Waals surface area contributed by atoms with Crippen LogP contribution in [0.25, 0.3) is 5.03 Å². The van der Waals surface area contributed by atoms with Gasteiger partial charge >= 0.3 is 5.97 Å². The second-order valence-electron chi connectivity index (χ2n) is 3.48. The molecule has 0 aromatic heterocycles. The highest BCUT2D eigenvalue weighted by atomic mass is 35.5. The van der Waals surface area contributed by atoms with Crippen molar-refractivity contribution < 1.29 is 14.3 Å². The lowest BCUT2D eigenvalue weighted by Gasteiger charge is -2.23. The molecule has 0 saturated carbocycles. The van der Waals surface area contributed by atoms with E-state index in [9.17, 15) is 4.79 Å². The standard InChI is InChI=1S/C12H9Cl3O3/c13-5-6-17-12(16)9-10(14)7-3-1-2-4-8(7)18-11(9)15/h1-4,11H,5-6H2. The summed E-state index contributed by atoms with van der Waals surface area (Å²) in [5.74, 6) is 0.132. The van der Waals surface area contributed by atoms with E-state index in [-0.39, 0.29) is 23.1 Å². The van der Waals surface area contributed by atoms with Crippen LogP contribution >= 0.6 is 34.8 Å². The molecule has 96 valence electrons. The summed E-state index contributed by atoms with van der Waals surface area (Å²) in [7, 11) is 0. The lowest BCUT2D eigenvalue weighted by atomic mass is 10.1. The summed E-state index contributed by atoms with van der Waals surface area (Å²) in [6.45, 7) is 0.0965. The van der Waals surface area contributed by atoms with Crippen molar-refractivity contribution in [3.63, 3.8) is 0 Å². The first-order valence-corrected chi connectivity index (χ1v) is 6.53. The smallest absolute Gasteiger partial charge is 0.340 e. The van der Waals surface area contributed by atoms with E-state index in [0.29, 0.717) is 11.3 Å². The number of benzene rings is 1. The third-order valence-corrected chi connectivity index (χ3v) is 3.22. The Morgan fingerprint density at radius 3 is 2.83 bits per heavy atom. The number of rotatable bonds is 3. The summed E-state index contributed by atoms with van der Waals surface area (Å²) in [5.41, 5.74) is -0.244. The van der Waals surface area contributed by atoms with E-state index < -0.39 is 11.5 Å². The number of ether oxygens (including phenoxy) is 2. The van der Waals surface area contributed by atoms with Gasteiger partial charge < -0.3 is 9.47 Å². The van der Waals surface area contributed by atoms with Gasteiger partial charge in [0.1, 0.15) is 17.9 Å². The van der Waals surface area contributed by atoms with Gasteiger partial charge in [-0.05, 0) is 12.1 Å². The predicted octanol–water partition coefficient (Wildman–Crippen LogP) is 3.38. The molecule has 1 aliphatic rings. The Morgan fingerprint density at radius 2 is 2.11 bits per heavy atom. The highest BCUT2D eigenvalue weighted by Crippen LogP contribution is 2.39. The molecule has 0 radical (unpaired) electrons. The molecule has 3 nitrogen and oxygen atoms in total. The van der Waals surface area contributed by atoms with Crippen molar-refractivity contribution in [2.75, 3.05) is 12.5 Å². The number of hydrogen-bond acceptors (Lipinski definition) is 3. The Morgan fingerprint density at radius 1 is 1.39 bits per heavy atom. The van der Waals surface area contributed by atoms with Crippen molar-refractivity contribution in [1.82, 2.24) is 0 Å². The van der Waals surface area contributed by atoms with Gasteiger partial charge in [0.25, 0.3) is 0 Å². The van der Waals surface area contributed by atoms with Crippen molar-refractivity contribution in [2.24, 2.45) is 0 Å². The van der Waals surface area contributed by atoms with Crippen molar-refractivity contribution in [2.45, 2.75) is 5.56 Å². The fraction of sp³-hybridized carbons (Fsp3) is 0.250. The van der Waals surface area contributed by atoms with E-state index in [4.69, 9.17) is 44.3 Å². The van der Waals surface area contributed by atoms with Crippen LogP contribution < -0.4 is 4.74 Å². The first-order chi connectivity index (χ1) is 8.65. The molecule has 6 heteroatoms. The van der Waals surface area contributed by atoms with Gasteiger partial charge in [-0.15, -0.1) is 11.6 Å². The lowest BCUT2D eigenvalue weighted by molar-refractivity contribution is -0.138. The van der Waals surface area contributed by atoms with Gasteiger partial charge in [0.2, 0.25) is 5.56 Å². The summed E-state index contributed by atoms with van der Waals surface area (Å²) >= 11 is 17.6. The molecular weight excluding hydrogens is 298 g/mol. The molecule has 1 unspecified atom stereocenters. The molecule has 0 bridgehead atoms. The zero-order chi connectivity index (χ0) is 13.1. The molecule has 1 aliphatic heterocycles. The summed E-state index contributed by atoms with van der Waals surface area (Å²) in [5, 5.41) is 0.247. The monoisotopic (exact) mass is 306 g/mol. The number of hydrogen-bond donors (Lipinski definition) is 0. The molecular formula is C12H9Cl3O3. The average Bonchev–Trinajstić information content (AvgIpc) is 2.36. The second kappa shape index (κ2) is 5.83. The van der Waals surface area contributed by atoms with E-state index in [1.807, 2.05) is 0 Å². The zero-order valence-electron chi connectivity index (χ0n) is 9.16. The Bertz CT molecular complexity index is 499. The minimum atomic E-state index is -0.963. The number of para-hydroxylation sites is 1. The van der Waals surface area contributed by atoms with Gasteiger partial charge in [-0.1, -0.05) is 35.3 Å². The molecule has 1 heterocycles. The number of carbonyl (C=O) groups is 1. The first kappa shape index (κ1) is 13.5. The van der Waals surface area contributed by atoms with Gasteiger partial charge in [0, 0.05) is 5.56 Å². The van der Waals surface area contributed by atoms with Crippen LogP contribution in [0.15, 0.2) is 29.8 Å². The van der Waals surface area contributed by atoms with Crippen LogP contribution in [0.2, 0.25) is 0 Å². The third kappa shape index (κ3) is 2.58. The number of carbonyl (C=O) groups excluding carboxylic acids is 1. The highest BCUT2D eigenvalue weighted by Gasteiger charge is 2.32. The van der Waals surface area contributed by atoms with E-state index in [1.54, 1.807) is 24.3 Å². The van der Waals surface area contributed by atoms with Crippen molar-refractivity contribution in [3.8, 4) is 5.75 Å². The highest BCUT2D eigenvalue weighted by molar-refractivity contribution is 6.52. The largest absolute Gasteiger partial charge is 0.469 e. The van der Waals surface area contributed by atoms with Crippen molar-refractivity contribution in [1.29, 1.82) is 0 Å². The minimum Gasteiger partial charge on any atom is -0.469 e. The maximum absolute atomic E-state index is 11.8. The number of halogens is 3. The molecule has 0 aliphatic carbocycles. The van der Waals surface area contributed by atoms with Crippen LogP contribution in [0.3, 0.4) is 0 Å². The van der Waals surface area contributed by atoms with Crippen molar-refractivity contribution in [3.05, 3.63) is 35.4 Å². The molecule has 1 aromatic rings. The molecule has 0 saturated heterocycles. The SMILES string of the molecule is O=C(OCCCl)C1=C(Cl)c2ccccc2OC1Cl. The van der Waals surface area contributed by atoms with Crippen LogP contribution in [0.5, 0.6) is 5.75 Å². The quantitative estimate of drug-likeness (QED) is 0.634. The maximum Gasteiger partial charge on any atom is 0.340 e. The molecule has 2 rings (SSSR count). The maximum atomic E-state index is 11.8. The molecule has 0 N–H and O–H groups in total. The van der Waals surface area contributed by atoms with E-state index in [2.05, 4.69) is 0 Å². The lowest BCUT2D eigenvalue weighted by Crippen LogP contribution is -2.25. The van der Waals surface area contributed by atoms with Crippen LogP contribution in [-0.2, 0) is 9.53 Å². The van der Waals surface area contributed by atoms with Crippen LogP contribution in [0, 0.1) is 0 Å². The van der Waals surface area contributed by atoms with Crippen LogP contribution in [0.1, 0.15) is 5.56 Å². The van der Waals surface area contributed by atoms with E-state index in [0.717, 1.165) is 0 Å². The van der Waals surface area contributed by atoms with E-state index in [1.165, 1.54) is 0 Å². The molecule has 1 aromatic carbocycles. The fourth-order valence-corrected chi connectivity index (χ4v) is 2.32. The minimum absolute atomic E-state index is 0.0965. The predicted molar refractivity (Wildman–Crippen MR) is 71.2 cm³/mol. The summed E-state index contributed by atoms with van der Waals surface area (Å²) in [6, 6.07) is 7.06. The summed E-state index contributed by atoms with van der Waals surface area (Å²) < 4.78 is 10.3. The third-order valence-electron chi connectivity index (χ3n) is 2.35. The topological polar surface area (TPSA) is 35.5 Å². The van der Waals surface area contributed by atoms with Crippen LogP contribution in [-0.4, -0.2) is 24.0 Å². The van der Waals surface area contributed by atoms with Crippen molar-refractivity contribution >= 4 is 45.8 Å². The number of esters is 1. The Balaban J connectivity index is 2.36. The molecule has 0 amide bonds. The first-order valence-electron chi connectivity index (χ1n) is 5.18.